The van der Waals surface area contributed by atoms with Gasteiger partial charge in [-0.2, -0.15) is 0 Å². The summed E-state index contributed by atoms with van der Waals surface area (Å²) in [6.45, 7) is -0.104. The third-order valence-corrected chi connectivity index (χ3v) is 6.13. The van der Waals surface area contributed by atoms with E-state index in [1.807, 2.05) is 0 Å². The van der Waals surface area contributed by atoms with Gasteiger partial charge in [-0.05, 0) is 31.0 Å². The summed E-state index contributed by atoms with van der Waals surface area (Å²) >= 11 is 0. The molecule has 2 amide bonds. The number of nitrogens with one attached hydrogen (secondary N) is 1. The molecule has 1 aromatic rings. The Kier molecular flexibility index (Phi) is 4.09. The van der Waals surface area contributed by atoms with Gasteiger partial charge in [-0.1, -0.05) is 12.8 Å². The number of hydrogen-bond donors (Lipinski definition) is 1. The fourth-order valence-corrected chi connectivity index (χ4v) is 4.66. The molecule has 3 rings (SSSR count). The van der Waals surface area contributed by atoms with E-state index in [2.05, 4.69) is 5.32 Å². The first-order valence-corrected chi connectivity index (χ1v) is 8.99. The molecule has 0 unspecified atom stereocenters. The lowest BCUT2D eigenvalue weighted by atomic mass is 10.1. The minimum absolute atomic E-state index is 0.0211. The predicted molar refractivity (Wildman–Crippen MR) is 79.6 cm³/mol. The highest BCUT2D eigenvalue weighted by atomic mass is 32.2. The Hall–Kier alpha value is -1.96. The van der Waals surface area contributed by atoms with Gasteiger partial charge in [-0.3, -0.25) is 9.59 Å². The Labute approximate surface area is 133 Å². The summed E-state index contributed by atoms with van der Waals surface area (Å²) < 4.78 is 38.5. The number of halogens is 1. The Morgan fingerprint density at radius 1 is 1.30 bits per heavy atom. The first-order valence-electron chi connectivity index (χ1n) is 7.55. The molecule has 0 radical (unpaired) electrons. The molecule has 2 aliphatic rings. The van der Waals surface area contributed by atoms with Gasteiger partial charge in [0.15, 0.2) is 0 Å². The maximum Gasteiger partial charge on any atom is 0.269 e. The second kappa shape index (κ2) is 5.92. The van der Waals surface area contributed by atoms with E-state index in [1.165, 1.54) is 6.07 Å². The van der Waals surface area contributed by atoms with Gasteiger partial charge in [0.2, 0.25) is 5.91 Å². The molecule has 1 saturated carbocycles. The fourth-order valence-electron chi connectivity index (χ4n) is 3.08. The summed E-state index contributed by atoms with van der Waals surface area (Å²) in [5, 5.41) is 2.68. The van der Waals surface area contributed by atoms with Gasteiger partial charge in [0.1, 0.15) is 10.7 Å². The maximum absolute atomic E-state index is 13.2. The topological polar surface area (TPSA) is 83.6 Å². The summed E-state index contributed by atoms with van der Waals surface area (Å²) in [5.41, 5.74) is -0.0338. The summed E-state index contributed by atoms with van der Waals surface area (Å²) in [4.78, 5) is 23.8. The number of amides is 2. The van der Waals surface area contributed by atoms with Crippen LogP contribution >= 0.6 is 0 Å². The van der Waals surface area contributed by atoms with Gasteiger partial charge in [0, 0.05) is 12.5 Å². The highest BCUT2D eigenvalue weighted by molar-refractivity contribution is 7.90. The highest BCUT2D eigenvalue weighted by Gasteiger charge is 2.41. The third kappa shape index (κ3) is 2.83. The van der Waals surface area contributed by atoms with E-state index in [9.17, 15) is 22.4 Å². The number of nitrogens with zero attached hydrogens (tertiary/aromatic N) is 1. The minimum atomic E-state index is -4.04. The molecule has 0 saturated heterocycles. The van der Waals surface area contributed by atoms with Crippen LogP contribution in [0, 0.1) is 11.7 Å². The Balaban J connectivity index is 1.67. The lowest BCUT2D eigenvalue weighted by Gasteiger charge is -2.16. The maximum atomic E-state index is 13.2. The SMILES string of the molecule is O=C(NCCN1C(=O)c2ccc(F)cc2S1(=O)=O)C1CCCC1. The largest absolute Gasteiger partial charge is 0.354 e. The number of carbonyl (C=O) groups excluding carboxylic acids is 2. The molecule has 6 nitrogen and oxygen atoms in total. The van der Waals surface area contributed by atoms with E-state index in [-0.39, 0.29) is 35.4 Å². The zero-order valence-corrected chi connectivity index (χ0v) is 13.2. The van der Waals surface area contributed by atoms with Crippen molar-refractivity contribution < 1.29 is 22.4 Å². The summed E-state index contributed by atoms with van der Waals surface area (Å²) in [6.07, 6.45) is 3.74. The summed E-state index contributed by atoms with van der Waals surface area (Å²) in [6, 6.07) is 3.07. The number of carbonyl (C=O) groups is 2. The summed E-state index contributed by atoms with van der Waals surface area (Å²) in [7, 11) is -4.04. The van der Waals surface area contributed by atoms with Gasteiger partial charge in [0.05, 0.1) is 12.1 Å². The van der Waals surface area contributed by atoms with E-state index in [4.69, 9.17) is 0 Å². The zero-order chi connectivity index (χ0) is 16.6. The molecule has 1 fully saturated rings. The van der Waals surface area contributed by atoms with Crippen molar-refractivity contribution in [2.45, 2.75) is 30.6 Å². The van der Waals surface area contributed by atoms with Crippen LogP contribution in [0.4, 0.5) is 4.39 Å². The predicted octanol–water partition coefficient (Wildman–Crippen LogP) is 1.28. The molecule has 124 valence electrons. The van der Waals surface area contributed by atoms with E-state index in [1.54, 1.807) is 0 Å². The van der Waals surface area contributed by atoms with Crippen LogP contribution in [0.2, 0.25) is 0 Å². The van der Waals surface area contributed by atoms with Gasteiger partial charge >= 0.3 is 0 Å². The van der Waals surface area contributed by atoms with Crippen molar-refractivity contribution in [3.8, 4) is 0 Å². The number of fused-ring (bicyclic) bond motifs is 1. The van der Waals surface area contributed by atoms with E-state index in [0.29, 0.717) is 4.31 Å². The van der Waals surface area contributed by atoms with Crippen LogP contribution in [0.3, 0.4) is 0 Å². The van der Waals surface area contributed by atoms with Crippen LogP contribution in [0.25, 0.3) is 0 Å². The zero-order valence-electron chi connectivity index (χ0n) is 12.4. The van der Waals surface area contributed by atoms with Gasteiger partial charge < -0.3 is 5.32 Å². The van der Waals surface area contributed by atoms with Crippen molar-refractivity contribution in [3.05, 3.63) is 29.6 Å². The molecule has 1 aliphatic carbocycles. The van der Waals surface area contributed by atoms with Crippen molar-refractivity contribution >= 4 is 21.8 Å². The third-order valence-electron chi connectivity index (χ3n) is 4.31. The second-order valence-electron chi connectivity index (χ2n) is 5.80. The van der Waals surface area contributed by atoms with Crippen molar-refractivity contribution in [3.63, 3.8) is 0 Å². The molecule has 8 heteroatoms. The van der Waals surface area contributed by atoms with E-state index < -0.39 is 21.7 Å². The molecule has 0 aromatic heterocycles. The summed E-state index contributed by atoms with van der Waals surface area (Å²) in [5.74, 6) is -1.52. The standard InChI is InChI=1S/C15H17FN2O4S/c16-11-5-6-12-13(9-11)23(21,22)18(15(12)20)8-7-17-14(19)10-3-1-2-4-10/h5-6,9-10H,1-4,7-8H2,(H,17,19). The molecule has 0 bridgehead atoms. The van der Waals surface area contributed by atoms with Crippen molar-refractivity contribution in [2.75, 3.05) is 13.1 Å². The lowest BCUT2D eigenvalue weighted by molar-refractivity contribution is -0.124. The number of rotatable bonds is 4. The van der Waals surface area contributed by atoms with Gasteiger partial charge in [-0.25, -0.2) is 17.1 Å². The molecule has 23 heavy (non-hydrogen) atoms. The fraction of sp³-hybridized carbons (Fsp3) is 0.467. The van der Waals surface area contributed by atoms with Crippen LogP contribution in [0.5, 0.6) is 0 Å². The quantitative estimate of drug-likeness (QED) is 0.895. The first kappa shape index (κ1) is 15.9. The Morgan fingerprint density at radius 2 is 2.00 bits per heavy atom. The van der Waals surface area contributed by atoms with Crippen LogP contribution < -0.4 is 5.32 Å². The highest BCUT2D eigenvalue weighted by Crippen LogP contribution is 2.30. The van der Waals surface area contributed by atoms with E-state index >= 15 is 0 Å². The van der Waals surface area contributed by atoms with E-state index in [0.717, 1.165) is 37.8 Å². The normalized spacial score (nSPS) is 19.9. The second-order valence-corrected chi connectivity index (χ2v) is 7.63. The molecule has 1 heterocycles. The average Bonchev–Trinajstić information content (AvgIpc) is 3.09. The average molecular weight is 340 g/mol. The lowest BCUT2D eigenvalue weighted by Crippen LogP contribution is -2.39. The van der Waals surface area contributed by atoms with Crippen LogP contribution in [-0.2, 0) is 14.8 Å². The van der Waals surface area contributed by atoms with Crippen molar-refractivity contribution in [2.24, 2.45) is 5.92 Å². The smallest absolute Gasteiger partial charge is 0.269 e. The molecule has 0 spiro atoms. The Bertz CT molecular complexity index is 757. The van der Waals surface area contributed by atoms with Gasteiger partial charge in [-0.15, -0.1) is 0 Å². The molecule has 1 aromatic carbocycles. The number of benzene rings is 1. The van der Waals surface area contributed by atoms with Gasteiger partial charge in [0.25, 0.3) is 15.9 Å². The van der Waals surface area contributed by atoms with Crippen LogP contribution in [0.15, 0.2) is 23.1 Å². The molecule has 1 aliphatic heterocycles. The molecular weight excluding hydrogens is 323 g/mol. The van der Waals surface area contributed by atoms with Crippen molar-refractivity contribution in [1.82, 2.24) is 9.62 Å². The molecule has 1 N–H and O–H groups in total. The molecule has 0 atom stereocenters. The number of sulfonamides is 1. The minimum Gasteiger partial charge on any atom is -0.354 e. The Morgan fingerprint density at radius 3 is 2.70 bits per heavy atom. The van der Waals surface area contributed by atoms with Crippen molar-refractivity contribution in [1.29, 1.82) is 0 Å². The van der Waals surface area contributed by atoms with Crippen LogP contribution in [0.1, 0.15) is 36.0 Å². The monoisotopic (exact) mass is 340 g/mol. The number of hydrogen-bond acceptors (Lipinski definition) is 4. The first-order chi connectivity index (χ1) is 10.9. The van der Waals surface area contributed by atoms with Crippen LogP contribution in [-0.4, -0.2) is 37.6 Å². The molecular formula is C15H17FN2O4S.